The molecular formula is C61H117NO13. The number of ether oxygens (including phenoxy) is 4. The van der Waals surface area contributed by atoms with Crippen LogP contribution in [0.5, 0.6) is 0 Å². The Morgan fingerprint density at radius 3 is 1.23 bits per heavy atom. The number of aliphatic hydroxyl groups excluding tert-OH is 8. The zero-order valence-electron chi connectivity index (χ0n) is 47.8. The minimum absolute atomic E-state index is 0.236. The average Bonchev–Trinajstić information content (AvgIpc) is 3.41. The third kappa shape index (κ3) is 33.2. The Morgan fingerprint density at radius 1 is 0.467 bits per heavy atom. The molecule has 2 saturated heterocycles. The van der Waals surface area contributed by atoms with Gasteiger partial charge in [0.15, 0.2) is 12.6 Å². The van der Waals surface area contributed by atoms with Gasteiger partial charge in [-0.15, -0.1) is 0 Å². The van der Waals surface area contributed by atoms with Gasteiger partial charge >= 0.3 is 0 Å². The number of carbonyl (C=O) groups excluding carboxylic acids is 1. The summed E-state index contributed by atoms with van der Waals surface area (Å²) in [5, 5.41) is 86.8. The van der Waals surface area contributed by atoms with E-state index in [1.807, 2.05) is 6.08 Å². The number of amides is 1. The highest BCUT2D eigenvalue weighted by atomic mass is 16.7. The molecule has 2 heterocycles. The van der Waals surface area contributed by atoms with E-state index in [1.165, 1.54) is 212 Å². The minimum Gasteiger partial charge on any atom is -0.394 e. The first-order valence-electron chi connectivity index (χ1n) is 31.4. The molecule has 2 aliphatic rings. The minimum atomic E-state index is -1.78. The lowest BCUT2D eigenvalue weighted by Gasteiger charge is -2.46. The van der Waals surface area contributed by atoms with Gasteiger partial charge in [0.1, 0.15) is 48.8 Å². The van der Waals surface area contributed by atoms with E-state index < -0.39 is 86.8 Å². The molecule has 444 valence electrons. The van der Waals surface area contributed by atoms with E-state index in [0.717, 1.165) is 38.5 Å². The highest BCUT2D eigenvalue weighted by Gasteiger charge is 2.51. The zero-order chi connectivity index (χ0) is 54.6. The molecule has 75 heavy (non-hydrogen) atoms. The molecule has 0 radical (unpaired) electrons. The van der Waals surface area contributed by atoms with Crippen LogP contribution in [-0.4, -0.2) is 140 Å². The number of rotatable bonds is 51. The van der Waals surface area contributed by atoms with E-state index in [-0.39, 0.29) is 18.9 Å². The van der Waals surface area contributed by atoms with Crippen molar-refractivity contribution in [1.82, 2.24) is 5.32 Å². The highest BCUT2D eigenvalue weighted by molar-refractivity contribution is 5.76. The fourth-order valence-corrected chi connectivity index (χ4v) is 10.6. The van der Waals surface area contributed by atoms with Crippen molar-refractivity contribution in [1.29, 1.82) is 0 Å². The third-order valence-corrected chi connectivity index (χ3v) is 15.7. The second kappa shape index (κ2) is 47.5. The van der Waals surface area contributed by atoms with Crippen LogP contribution in [0.25, 0.3) is 0 Å². The number of aliphatic hydroxyl groups is 8. The van der Waals surface area contributed by atoms with Gasteiger partial charge in [-0.1, -0.05) is 264 Å². The van der Waals surface area contributed by atoms with Crippen molar-refractivity contribution in [3.63, 3.8) is 0 Å². The van der Waals surface area contributed by atoms with Crippen molar-refractivity contribution in [3.05, 3.63) is 12.2 Å². The normalized spacial score (nSPS) is 25.0. The number of carbonyl (C=O) groups is 1. The largest absolute Gasteiger partial charge is 0.394 e. The van der Waals surface area contributed by atoms with Gasteiger partial charge < -0.3 is 65.1 Å². The smallest absolute Gasteiger partial charge is 0.220 e. The van der Waals surface area contributed by atoms with Gasteiger partial charge in [-0.3, -0.25) is 4.79 Å². The molecule has 0 aromatic carbocycles. The van der Waals surface area contributed by atoms with Gasteiger partial charge in [-0.25, -0.2) is 0 Å². The summed E-state index contributed by atoms with van der Waals surface area (Å²) in [7, 11) is 0. The van der Waals surface area contributed by atoms with Crippen molar-refractivity contribution < 1.29 is 64.6 Å². The van der Waals surface area contributed by atoms with Gasteiger partial charge in [-0.2, -0.15) is 0 Å². The molecule has 0 aliphatic carbocycles. The predicted octanol–water partition coefficient (Wildman–Crippen LogP) is 11.1. The summed E-state index contributed by atoms with van der Waals surface area (Å²) in [6.07, 6.45) is 38.8. The van der Waals surface area contributed by atoms with Gasteiger partial charge in [0.2, 0.25) is 5.91 Å². The first-order valence-corrected chi connectivity index (χ1v) is 31.4. The van der Waals surface area contributed by atoms with Gasteiger partial charge in [0.05, 0.1) is 32.0 Å². The molecular weight excluding hydrogens is 955 g/mol. The molecule has 0 spiro atoms. The number of allylic oxidation sites excluding steroid dienone is 1. The Bertz CT molecular complexity index is 1310. The summed E-state index contributed by atoms with van der Waals surface area (Å²) in [5.41, 5.74) is 0. The average molecular weight is 1070 g/mol. The Balaban J connectivity index is 1.58. The molecule has 1 amide bonds. The molecule has 0 aromatic heterocycles. The molecule has 0 saturated carbocycles. The van der Waals surface area contributed by atoms with E-state index >= 15 is 0 Å². The lowest BCUT2D eigenvalue weighted by Crippen LogP contribution is -2.65. The molecule has 0 aromatic rings. The van der Waals surface area contributed by atoms with E-state index in [4.69, 9.17) is 18.9 Å². The second-order valence-corrected chi connectivity index (χ2v) is 22.6. The maximum atomic E-state index is 13.2. The first kappa shape index (κ1) is 69.8. The van der Waals surface area contributed by atoms with E-state index in [0.29, 0.717) is 6.42 Å². The number of nitrogens with one attached hydrogen (secondary N) is 1. The summed E-state index contributed by atoms with van der Waals surface area (Å²) in [6.45, 7) is 2.79. The summed E-state index contributed by atoms with van der Waals surface area (Å²) in [5.74, 6) is -0.236. The number of hydrogen-bond acceptors (Lipinski definition) is 13. The van der Waals surface area contributed by atoms with Crippen LogP contribution in [0.1, 0.15) is 277 Å². The van der Waals surface area contributed by atoms with Crippen LogP contribution in [0.3, 0.4) is 0 Å². The van der Waals surface area contributed by atoms with Crippen molar-refractivity contribution in [3.8, 4) is 0 Å². The Hall–Kier alpha value is -1.27. The fourth-order valence-electron chi connectivity index (χ4n) is 10.6. The molecule has 9 N–H and O–H groups in total. The third-order valence-electron chi connectivity index (χ3n) is 15.7. The molecule has 0 bridgehead atoms. The van der Waals surface area contributed by atoms with Crippen LogP contribution in [0, 0.1) is 0 Å². The SMILES string of the molecule is CCCCCCCCC/C=C/C(O)C(COC1OC(CO)C(OC2OC(CO)C(O)C(O)C2O)C(O)C1O)NC(=O)CCCCCCCCCCCCCCCCCCCCCCCCCCCCCCCCCC. The van der Waals surface area contributed by atoms with Gasteiger partial charge in [0.25, 0.3) is 0 Å². The topological polar surface area (TPSA) is 228 Å². The van der Waals surface area contributed by atoms with Crippen LogP contribution in [0.15, 0.2) is 12.2 Å². The van der Waals surface area contributed by atoms with Crippen LogP contribution in [0.2, 0.25) is 0 Å². The number of unbranched alkanes of at least 4 members (excludes halogenated alkanes) is 38. The molecule has 14 nitrogen and oxygen atoms in total. The maximum Gasteiger partial charge on any atom is 0.220 e. The fraction of sp³-hybridized carbons (Fsp3) is 0.951. The van der Waals surface area contributed by atoms with Crippen molar-refractivity contribution in [2.45, 2.75) is 351 Å². The Morgan fingerprint density at radius 2 is 0.827 bits per heavy atom. The molecule has 12 atom stereocenters. The molecule has 2 rings (SSSR count). The standard InChI is InChI=1S/C61H117NO13/c1-3-5-7-9-11-13-14-15-16-17-18-19-20-21-22-23-24-25-26-27-28-29-30-31-32-33-34-35-37-39-41-43-45-53(66)62-49(50(65)44-42-40-38-36-12-10-8-6-4-2)48-72-60-58(71)56(69)59(52(47-64)74-60)75-61-57(70)55(68)54(67)51(46-63)73-61/h42,44,49-52,54-61,63-65,67-71H,3-41,43,45-48H2,1-2H3,(H,62,66)/b44-42+. The monoisotopic (exact) mass is 1070 g/mol. The van der Waals surface area contributed by atoms with Crippen LogP contribution < -0.4 is 5.32 Å². The summed E-state index contributed by atoms with van der Waals surface area (Å²) in [4.78, 5) is 13.2. The van der Waals surface area contributed by atoms with Crippen LogP contribution in [-0.2, 0) is 23.7 Å². The van der Waals surface area contributed by atoms with Gasteiger partial charge in [0, 0.05) is 6.42 Å². The van der Waals surface area contributed by atoms with Gasteiger partial charge in [-0.05, 0) is 19.3 Å². The summed E-state index contributed by atoms with van der Waals surface area (Å²) < 4.78 is 22.7. The molecule has 14 heteroatoms. The van der Waals surface area contributed by atoms with Crippen molar-refractivity contribution in [2.75, 3.05) is 19.8 Å². The lowest BCUT2D eigenvalue weighted by molar-refractivity contribution is -0.359. The Kier molecular flexibility index (Phi) is 44.3. The second-order valence-electron chi connectivity index (χ2n) is 22.6. The highest BCUT2D eigenvalue weighted by Crippen LogP contribution is 2.30. The number of hydrogen-bond donors (Lipinski definition) is 9. The maximum absolute atomic E-state index is 13.2. The summed E-state index contributed by atoms with van der Waals surface area (Å²) >= 11 is 0. The van der Waals surface area contributed by atoms with Crippen molar-refractivity contribution in [2.24, 2.45) is 0 Å². The zero-order valence-corrected chi connectivity index (χ0v) is 47.8. The molecule has 2 fully saturated rings. The van der Waals surface area contributed by atoms with E-state index in [1.54, 1.807) is 6.08 Å². The van der Waals surface area contributed by atoms with E-state index in [9.17, 15) is 45.6 Å². The Labute approximate surface area is 456 Å². The van der Waals surface area contributed by atoms with E-state index in [2.05, 4.69) is 19.2 Å². The predicted molar refractivity (Wildman–Crippen MR) is 300 cm³/mol. The van der Waals surface area contributed by atoms with Crippen molar-refractivity contribution >= 4 is 5.91 Å². The lowest BCUT2D eigenvalue weighted by atomic mass is 9.97. The first-order chi connectivity index (χ1) is 36.6. The molecule has 2 aliphatic heterocycles. The van der Waals surface area contributed by atoms with Crippen LogP contribution in [0.4, 0.5) is 0 Å². The summed E-state index contributed by atoms with van der Waals surface area (Å²) in [6, 6.07) is -0.908. The van der Waals surface area contributed by atoms with Crippen LogP contribution >= 0.6 is 0 Å². The quantitative estimate of drug-likeness (QED) is 0.0204. The molecule has 12 unspecified atom stereocenters.